The number of hydrogen-bond acceptors (Lipinski definition) is 4. The van der Waals surface area contributed by atoms with Crippen molar-refractivity contribution < 1.29 is 0 Å². The zero-order chi connectivity index (χ0) is 13.0. The van der Waals surface area contributed by atoms with E-state index in [0.29, 0.717) is 11.5 Å². The summed E-state index contributed by atoms with van der Waals surface area (Å²) >= 11 is 4.99. The van der Waals surface area contributed by atoms with Crippen molar-refractivity contribution >= 4 is 32.4 Å². The van der Waals surface area contributed by atoms with E-state index in [1.165, 1.54) is 38.5 Å². The summed E-state index contributed by atoms with van der Waals surface area (Å²) in [6, 6.07) is 0.528. The van der Waals surface area contributed by atoms with Gasteiger partial charge in [-0.3, -0.25) is 0 Å². The first-order valence-corrected chi connectivity index (χ1v) is 8.99. The minimum absolute atomic E-state index is 0.528. The molecule has 0 spiro atoms. The molecule has 4 bridgehead atoms. The van der Waals surface area contributed by atoms with Gasteiger partial charge in [-0.05, 0) is 84.5 Å². The number of nitrogens with one attached hydrogen (secondary N) is 1. The molecule has 5 heteroatoms. The third-order valence-electron chi connectivity index (χ3n) is 5.74. The number of hydrogen-bond donors (Lipinski definition) is 1. The Kier molecular flexibility index (Phi) is 2.92. The van der Waals surface area contributed by atoms with Crippen LogP contribution in [-0.4, -0.2) is 16.2 Å². The molecule has 19 heavy (non-hydrogen) atoms. The van der Waals surface area contributed by atoms with Gasteiger partial charge in [-0.25, -0.2) is 0 Å². The number of anilines is 1. The quantitative estimate of drug-likeness (QED) is 0.889. The molecule has 104 valence electrons. The number of halogens is 1. The maximum atomic E-state index is 4.19. The van der Waals surface area contributed by atoms with Gasteiger partial charge < -0.3 is 5.32 Å². The van der Waals surface area contributed by atoms with Gasteiger partial charge in [0.1, 0.15) is 0 Å². The molecule has 1 aromatic heterocycles. The summed E-state index contributed by atoms with van der Waals surface area (Å²) in [7, 11) is 0. The standard InChI is InChI=1S/C14H20BrN3S/c1-8(16-13-18-17-12(15)19-13)14-5-9-2-10(6-14)4-11(3-9)7-14/h8-11H,2-7H2,1H3,(H,16,18). The molecule has 0 saturated heterocycles. The van der Waals surface area contributed by atoms with E-state index >= 15 is 0 Å². The fourth-order valence-electron chi connectivity index (χ4n) is 5.31. The van der Waals surface area contributed by atoms with E-state index in [4.69, 9.17) is 0 Å². The summed E-state index contributed by atoms with van der Waals surface area (Å²) in [5, 5.41) is 12.8. The van der Waals surface area contributed by atoms with Crippen molar-refractivity contribution in [1.29, 1.82) is 0 Å². The maximum Gasteiger partial charge on any atom is 0.206 e. The smallest absolute Gasteiger partial charge is 0.206 e. The zero-order valence-electron chi connectivity index (χ0n) is 11.2. The highest BCUT2D eigenvalue weighted by Crippen LogP contribution is 2.61. The number of nitrogens with zero attached hydrogens (tertiary/aromatic N) is 2. The average Bonchev–Trinajstić information content (AvgIpc) is 2.73. The van der Waals surface area contributed by atoms with Gasteiger partial charge in [0.2, 0.25) is 5.13 Å². The molecule has 0 aliphatic heterocycles. The van der Waals surface area contributed by atoms with Crippen LogP contribution in [0.3, 0.4) is 0 Å². The van der Waals surface area contributed by atoms with Gasteiger partial charge >= 0.3 is 0 Å². The molecule has 4 fully saturated rings. The monoisotopic (exact) mass is 341 g/mol. The van der Waals surface area contributed by atoms with Gasteiger partial charge in [-0.1, -0.05) is 11.3 Å². The SMILES string of the molecule is CC(Nc1nnc(Br)s1)C12CC3CC(CC(C3)C1)C2. The number of rotatable bonds is 3. The van der Waals surface area contributed by atoms with E-state index in [1.807, 2.05) is 0 Å². The predicted octanol–water partition coefficient (Wildman–Crippen LogP) is 4.32. The largest absolute Gasteiger partial charge is 0.357 e. The summed E-state index contributed by atoms with van der Waals surface area (Å²) < 4.78 is 0.868. The minimum Gasteiger partial charge on any atom is -0.357 e. The van der Waals surface area contributed by atoms with Crippen LogP contribution in [0.5, 0.6) is 0 Å². The van der Waals surface area contributed by atoms with Crippen molar-refractivity contribution in [3.05, 3.63) is 3.92 Å². The lowest BCUT2D eigenvalue weighted by molar-refractivity contribution is -0.0602. The molecular formula is C14H20BrN3S. The number of aromatic nitrogens is 2. The molecule has 0 amide bonds. The van der Waals surface area contributed by atoms with Crippen molar-refractivity contribution in [2.75, 3.05) is 5.32 Å². The van der Waals surface area contributed by atoms with E-state index in [9.17, 15) is 0 Å². The van der Waals surface area contributed by atoms with Gasteiger partial charge in [0, 0.05) is 6.04 Å². The van der Waals surface area contributed by atoms with Crippen molar-refractivity contribution in [2.24, 2.45) is 23.2 Å². The van der Waals surface area contributed by atoms with Crippen molar-refractivity contribution in [2.45, 2.75) is 51.5 Å². The first-order valence-electron chi connectivity index (χ1n) is 7.38. The highest BCUT2D eigenvalue weighted by molar-refractivity contribution is 9.11. The molecule has 1 atom stereocenters. The second-order valence-corrected chi connectivity index (χ2v) is 9.26. The van der Waals surface area contributed by atoms with Crippen LogP contribution in [0.2, 0.25) is 0 Å². The molecule has 4 saturated carbocycles. The van der Waals surface area contributed by atoms with E-state index in [2.05, 4.69) is 38.4 Å². The van der Waals surface area contributed by atoms with E-state index in [-0.39, 0.29) is 0 Å². The molecule has 5 rings (SSSR count). The van der Waals surface area contributed by atoms with Crippen molar-refractivity contribution in [3.63, 3.8) is 0 Å². The molecule has 4 aliphatic rings. The molecule has 1 aromatic rings. The van der Waals surface area contributed by atoms with E-state index < -0.39 is 0 Å². The summed E-state index contributed by atoms with van der Waals surface area (Å²) in [5.41, 5.74) is 0.535. The van der Waals surface area contributed by atoms with Gasteiger partial charge in [0.05, 0.1) is 0 Å². The van der Waals surface area contributed by atoms with E-state index in [1.54, 1.807) is 11.3 Å². The Morgan fingerprint density at radius 2 is 1.74 bits per heavy atom. The van der Waals surface area contributed by atoms with Gasteiger partial charge in [-0.2, -0.15) is 0 Å². The third-order valence-corrected chi connectivity index (χ3v) is 7.03. The lowest BCUT2D eigenvalue weighted by Crippen LogP contribution is -2.52. The van der Waals surface area contributed by atoms with Crippen LogP contribution in [0, 0.1) is 23.2 Å². The minimum atomic E-state index is 0.528. The fraction of sp³-hybridized carbons (Fsp3) is 0.857. The Bertz CT molecular complexity index is 452. The molecular weight excluding hydrogens is 322 g/mol. The molecule has 1 N–H and O–H groups in total. The van der Waals surface area contributed by atoms with Gasteiger partial charge in [0.25, 0.3) is 0 Å². The summed E-state index contributed by atoms with van der Waals surface area (Å²) in [4.78, 5) is 0. The molecule has 3 nitrogen and oxygen atoms in total. The Labute approximate surface area is 126 Å². The lowest BCUT2D eigenvalue weighted by atomic mass is 9.48. The predicted molar refractivity (Wildman–Crippen MR) is 81.3 cm³/mol. The Morgan fingerprint density at radius 3 is 2.21 bits per heavy atom. The van der Waals surface area contributed by atoms with Crippen LogP contribution in [0.1, 0.15) is 45.4 Å². The summed E-state index contributed by atoms with van der Waals surface area (Å²) in [6.07, 6.45) is 8.84. The average molecular weight is 342 g/mol. The highest BCUT2D eigenvalue weighted by atomic mass is 79.9. The molecule has 1 unspecified atom stereocenters. The normalized spacial score (nSPS) is 41.5. The first-order chi connectivity index (χ1) is 9.13. The fourth-order valence-corrected chi connectivity index (χ4v) is 6.41. The Morgan fingerprint density at radius 1 is 1.16 bits per heavy atom. The Hall–Kier alpha value is -0.160. The van der Waals surface area contributed by atoms with Crippen LogP contribution in [-0.2, 0) is 0 Å². The van der Waals surface area contributed by atoms with Gasteiger partial charge in [-0.15, -0.1) is 10.2 Å². The molecule has 4 aliphatic carbocycles. The van der Waals surface area contributed by atoms with Crippen LogP contribution < -0.4 is 5.32 Å². The van der Waals surface area contributed by atoms with Crippen molar-refractivity contribution in [1.82, 2.24) is 10.2 Å². The zero-order valence-corrected chi connectivity index (χ0v) is 13.6. The maximum absolute atomic E-state index is 4.19. The van der Waals surface area contributed by atoms with Crippen molar-refractivity contribution in [3.8, 4) is 0 Å². The summed E-state index contributed by atoms with van der Waals surface area (Å²) in [5.74, 6) is 3.03. The second-order valence-electron chi connectivity index (χ2n) is 7.01. The van der Waals surface area contributed by atoms with Crippen LogP contribution in [0.4, 0.5) is 5.13 Å². The molecule has 0 aromatic carbocycles. The third kappa shape index (κ3) is 2.13. The lowest BCUT2D eigenvalue weighted by Gasteiger charge is -2.59. The molecule has 0 radical (unpaired) electrons. The summed E-state index contributed by atoms with van der Waals surface area (Å²) in [6.45, 7) is 2.36. The second kappa shape index (κ2) is 4.42. The van der Waals surface area contributed by atoms with Crippen LogP contribution in [0.15, 0.2) is 3.92 Å². The highest BCUT2D eigenvalue weighted by Gasteiger charge is 2.53. The topological polar surface area (TPSA) is 37.8 Å². The van der Waals surface area contributed by atoms with Gasteiger partial charge in [0.15, 0.2) is 3.92 Å². The van der Waals surface area contributed by atoms with Crippen LogP contribution >= 0.6 is 27.3 Å². The van der Waals surface area contributed by atoms with Crippen LogP contribution in [0.25, 0.3) is 0 Å². The van der Waals surface area contributed by atoms with E-state index in [0.717, 1.165) is 26.8 Å². The molecule has 1 heterocycles. The Balaban J connectivity index is 1.54. The first kappa shape index (κ1) is 12.6.